The number of benzene rings is 3. The largest absolute Gasteiger partial charge is 0.493 e. The number of aryl methyl sites for hydroxylation is 1. The second-order valence-electron chi connectivity index (χ2n) is 8.62. The molecule has 1 fully saturated rings. The van der Waals surface area contributed by atoms with Crippen molar-refractivity contribution in [1.82, 2.24) is 4.90 Å². The van der Waals surface area contributed by atoms with Crippen LogP contribution in [0.25, 0.3) is 6.08 Å². The van der Waals surface area contributed by atoms with E-state index in [1.165, 1.54) is 18.7 Å². The normalized spacial score (nSPS) is 13.9. The molecule has 3 aromatic carbocycles. The SMILES string of the molecule is CCc1ccc(NC(=O)COc2ccc(/C=C3\SC(=O)N(CC(=O)Nc4cccc(Cl)c4)C3=O)cc2OC)cc1. The highest BCUT2D eigenvalue weighted by Crippen LogP contribution is 2.34. The summed E-state index contributed by atoms with van der Waals surface area (Å²) in [5.74, 6) is -0.769. The highest BCUT2D eigenvalue weighted by Gasteiger charge is 2.36. The van der Waals surface area contributed by atoms with Crippen molar-refractivity contribution < 1.29 is 28.7 Å². The zero-order valence-electron chi connectivity index (χ0n) is 21.7. The Labute approximate surface area is 240 Å². The van der Waals surface area contributed by atoms with Crippen molar-refractivity contribution in [1.29, 1.82) is 0 Å². The van der Waals surface area contributed by atoms with Gasteiger partial charge in [-0.15, -0.1) is 0 Å². The molecule has 0 atom stereocenters. The number of imide groups is 1. The lowest BCUT2D eigenvalue weighted by Crippen LogP contribution is -2.36. The van der Waals surface area contributed by atoms with E-state index in [0.717, 1.165) is 23.1 Å². The van der Waals surface area contributed by atoms with Crippen molar-refractivity contribution in [3.8, 4) is 11.5 Å². The lowest BCUT2D eigenvalue weighted by atomic mass is 10.1. The monoisotopic (exact) mass is 579 g/mol. The molecule has 1 aliphatic heterocycles. The molecule has 9 nitrogen and oxygen atoms in total. The van der Waals surface area contributed by atoms with Gasteiger partial charge in [0, 0.05) is 16.4 Å². The molecule has 4 amide bonds. The number of thioether (sulfide) groups is 1. The van der Waals surface area contributed by atoms with E-state index in [1.807, 2.05) is 24.3 Å². The number of methoxy groups -OCH3 is 1. The summed E-state index contributed by atoms with van der Waals surface area (Å²) in [4.78, 5) is 51.1. The van der Waals surface area contributed by atoms with Crippen LogP contribution in [-0.2, 0) is 20.8 Å². The van der Waals surface area contributed by atoms with Crippen LogP contribution in [0, 0.1) is 0 Å². The molecule has 0 aromatic heterocycles. The van der Waals surface area contributed by atoms with Crippen molar-refractivity contribution in [2.45, 2.75) is 13.3 Å². The van der Waals surface area contributed by atoms with E-state index >= 15 is 0 Å². The van der Waals surface area contributed by atoms with Crippen molar-refractivity contribution in [2.24, 2.45) is 0 Å². The fourth-order valence-corrected chi connectivity index (χ4v) is 4.78. The Morgan fingerprint density at radius 3 is 2.40 bits per heavy atom. The average molecular weight is 580 g/mol. The van der Waals surface area contributed by atoms with Gasteiger partial charge in [-0.3, -0.25) is 24.1 Å². The van der Waals surface area contributed by atoms with Crippen LogP contribution in [0.5, 0.6) is 11.5 Å². The number of ether oxygens (including phenoxy) is 2. The Bertz CT molecular complexity index is 1470. The number of carbonyl (C=O) groups is 4. The van der Waals surface area contributed by atoms with Crippen LogP contribution in [-0.4, -0.2) is 48.1 Å². The number of nitrogens with zero attached hydrogens (tertiary/aromatic N) is 1. The first-order chi connectivity index (χ1) is 19.2. The number of halogens is 1. The number of amides is 4. The van der Waals surface area contributed by atoms with Gasteiger partial charge in [0.2, 0.25) is 5.91 Å². The standard InChI is InChI=1S/C29H26ClN3O6S/c1-3-18-7-10-21(11-8-18)31-27(35)17-39-23-12-9-19(13-24(23)38-2)14-25-28(36)33(29(37)40-25)16-26(34)32-22-6-4-5-20(30)15-22/h4-15H,3,16-17H2,1-2H3,(H,31,35)(H,32,34)/b25-14-. The van der Waals surface area contributed by atoms with Gasteiger partial charge in [0.15, 0.2) is 18.1 Å². The Hall–Kier alpha value is -4.28. The van der Waals surface area contributed by atoms with E-state index in [1.54, 1.807) is 42.5 Å². The second-order valence-corrected chi connectivity index (χ2v) is 10.1. The van der Waals surface area contributed by atoms with Crippen LogP contribution in [0.1, 0.15) is 18.1 Å². The van der Waals surface area contributed by atoms with Crippen LogP contribution in [0.3, 0.4) is 0 Å². The Kier molecular flexibility index (Phi) is 9.47. The van der Waals surface area contributed by atoms with E-state index in [4.69, 9.17) is 21.1 Å². The third-order valence-corrected chi connectivity index (χ3v) is 6.92. The summed E-state index contributed by atoms with van der Waals surface area (Å²) in [6.07, 6.45) is 2.44. The Morgan fingerprint density at radius 2 is 1.70 bits per heavy atom. The molecule has 40 heavy (non-hydrogen) atoms. The zero-order valence-corrected chi connectivity index (χ0v) is 23.3. The van der Waals surface area contributed by atoms with Crippen molar-refractivity contribution in [3.63, 3.8) is 0 Å². The van der Waals surface area contributed by atoms with E-state index in [2.05, 4.69) is 17.6 Å². The van der Waals surface area contributed by atoms with Crippen LogP contribution in [0.15, 0.2) is 71.6 Å². The predicted molar refractivity (Wildman–Crippen MR) is 156 cm³/mol. The minimum absolute atomic E-state index is 0.157. The third-order valence-electron chi connectivity index (χ3n) is 5.77. The number of anilines is 2. The highest BCUT2D eigenvalue weighted by molar-refractivity contribution is 8.18. The quantitative estimate of drug-likeness (QED) is 0.300. The number of hydrogen-bond acceptors (Lipinski definition) is 7. The lowest BCUT2D eigenvalue weighted by Gasteiger charge is -2.13. The highest BCUT2D eigenvalue weighted by atomic mass is 35.5. The summed E-state index contributed by atoms with van der Waals surface area (Å²) in [5.41, 5.74) is 2.86. The maximum absolute atomic E-state index is 12.9. The zero-order chi connectivity index (χ0) is 28.6. The van der Waals surface area contributed by atoms with Crippen molar-refractivity contribution in [2.75, 3.05) is 30.9 Å². The maximum Gasteiger partial charge on any atom is 0.294 e. The van der Waals surface area contributed by atoms with Crippen LogP contribution in [0.4, 0.5) is 16.2 Å². The fraction of sp³-hybridized carbons (Fsp3) is 0.172. The molecular weight excluding hydrogens is 554 g/mol. The van der Waals surface area contributed by atoms with E-state index < -0.39 is 23.6 Å². The molecule has 1 aliphatic rings. The topological polar surface area (TPSA) is 114 Å². The van der Waals surface area contributed by atoms with Crippen LogP contribution >= 0.6 is 23.4 Å². The molecule has 0 unspecified atom stereocenters. The maximum atomic E-state index is 12.9. The molecule has 3 aromatic rings. The van der Waals surface area contributed by atoms with Gasteiger partial charge in [0.25, 0.3) is 17.1 Å². The van der Waals surface area contributed by atoms with Gasteiger partial charge in [-0.25, -0.2) is 0 Å². The van der Waals surface area contributed by atoms with Gasteiger partial charge < -0.3 is 20.1 Å². The van der Waals surface area contributed by atoms with Gasteiger partial charge >= 0.3 is 0 Å². The molecule has 0 aliphatic carbocycles. The van der Waals surface area contributed by atoms with Gasteiger partial charge in [-0.2, -0.15) is 0 Å². The van der Waals surface area contributed by atoms with Gasteiger partial charge in [0.1, 0.15) is 6.54 Å². The molecule has 0 spiro atoms. The summed E-state index contributed by atoms with van der Waals surface area (Å²) in [6.45, 7) is 1.39. The number of nitrogens with one attached hydrogen (secondary N) is 2. The van der Waals surface area contributed by atoms with Crippen LogP contribution < -0.4 is 20.1 Å². The molecule has 206 valence electrons. The van der Waals surface area contributed by atoms with E-state index in [-0.39, 0.29) is 17.4 Å². The fourth-order valence-electron chi connectivity index (χ4n) is 3.76. The van der Waals surface area contributed by atoms with Crippen molar-refractivity contribution in [3.05, 3.63) is 87.8 Å². The van der Waals surface area contributed by atoms with E-state index in [9.17, 15) is 19.2 Å². The first-order valence-corrected chi connectivity index (χ1v) is 13.5. The van der Waals surface area contributed by atoms with Gasteiger partial charge in [-0.05, 0) is 77.9 Å². The molecule has 1 saturated heterocycles. The summed E-state index contributed by atoms with van der Waals surface area (Å²) in [7, 11) is 1.45. The lowest BCUT2D eigenvalue weighted by molar-refractivity contribution is -0.127. The van der Waals surface area contributed by atoms with Crippen molar-refractivity contribution >= 4 is 63.8 Å². The summed E-state index contributed by atoms with van der Waals surface area (Å²) >= 11 is 6.66. The molecule has 2 N–H and O–H groups in total. The molecule has 0 radical (unpaired) electrons. The minimum atomic E-state index is -0.584. The predicted octanol–water partition coefficient (Wildman–Crippen LogP) is 5.60. The number of rotatable bonds is 10. The number of carbonyl (C=O) groups excluding carboxylic acids is 4. The second kappa shape index (κ2) is 13.2. The first-order valence-electron chi connectivity index (χ1n) is 12.3. The Balaban J connectivity index is 1.36. The first kappa shape index (κ1) is 28.7. The molecule has 0 saturated carbocycles. The third kappa shape index (κ3) is 7.43. The summed E-state index contributed by atoms with van der Waals surface area (Å²) in [6, 6.07) is 19.0. The summed E-state index contributed by atoms with van der Waals surface area (Å²) < 4.78 is 11.0. The van der Waals surface area contributed by atoms with Gasteiger partial charge in [-0.1, -0.05) is 42.8 Å². The average Bonchev–Trinajstić information content (AvgIpc) is 3.19. The molecule has 0 bridgehead atoms. The van der Waals surface area contributed by atoms with E-state index in [0.29, 0.717) is 33.5 Å². The van der Waals surface area contributed by atoms with Gasteiger partial charge in [0.05, 0.1) is 12.0 Å². The van der Waals surface area contributed by atoms with Crippen LogP contribution in [0.2, 0.25) is 5.02 Å². The minimum Gasteiger partial charge on any atom is -0.493 e. The smallest absolute Gasteiger partial charge is 0.294 e. The molecule has 4 rings (SSSR count). The molecular formula is C29H26ClN3O6S. The Morgan fingerprint density at radius 1 is 0.950 bits per heavy atom. The molecule has 1 heterocycles. The number of hydrogen-bond donors (Lipinski definition) is 2. The summed E-state index contributed by atoms with van der Waals surface area (Å²) in [5, 5.41) is 5.28. The molecule has 11 heteroatoms.